The maximum Gasteiger partial charge on any atom is 0.252 e. The lowest BCUT2D eigenvalue weighted by Gasteiger charge is -2.45. The molecule has 5 heteroatoms. The minimum Gasteiger partial charge on any atom is -0.311 e. The van der Waals surface area contributed by atoms with E-state index in [4.69, 9.17) is 0 Å². The molecule has 4 nitrogen and oxygen atoms in total. The smallest absolute Gasteiger partial charge is 0.252 e. The molecule has 10 aromatic rings. The van der Waals surface area contributed by atoms with Crippen molar-refractivity contribution >= 4 is 96.1 Å². The van der Waals surface area contributed by atoms with Gasteiger partial charge in [0.1, 0.15) is 0 Å². The lowest BCUT2D eigenvalue weighted by atomic mass is 9.33. The second-order valence-corrected chi connectivity index (χ2v) is 16.4. The minimum absolute atomic E-state index is 0.0317. The van der Waals surface area contributed by atoms with Gasteiger partial charge in [-0.25, -0.2) is 0 Å². The van der Waals surface area contributed by atoms with Crippen molar-refractivity contribution in [1.82, 2.24) is 4.57 Å². The van der Waals surface area contributed by atoms with Crippen LogP contribution in [0.5, 0.6) is 0 Å². The zero-order chi connectivity index (χ0) is 40.6. The molecule has 1 aromatic heterocycles. The van der Waals surface area contributed by atoms with Gasteiger partial charge in [0, 0.05) is 62.0 Å². The number of hydrogen-bond donors (Lipinski definition) is 0. The third-order valence-electron chi connectivity index (χ3n) is 12.6. The summed E-state index contributed by atoms with van der Waals surface area (Å²) in [4.78, 5) is 7.44. The zero-order valence-corrected chi connectivity index (χ0v) is 34.1. The maximum atomic E-state index is 2.53. The first kappa shape index (κ1) is 35.2. The highest BCUT2D eigenvalue weighted by Gasteiger charge is 2.44. The van der Waals surface area contributed by atoms with E-state index in [1.54, 1.807) is 0 Å². The van der Waals surface area contributed by atoms with E-state index in [0.717, 1.165) is 34.1 Å². The molecule has 12 rings (SSSR count). The Hall–Kier alpha value is -7.76. The van der Waals surface area contributed by atoms with Gasteiger partial charge in [0.2, 0.25) is 0 Å². The molecule has 0 N–H and O–H groups in total. The average Bonchev–Trinajstić information content (AvgIpc) is 3.63. The summed E-state index contributed by atoms with van der Waals surface area (Å²) >= 11 is 0. The van der Waals surface area contributed by atoms with Crippen LogP contribution in [0, 0.1) is 13.8 Å². The van der Waals surface area contributed by atoms with Crippen LogP contribution in [0.4, 0.5) is 51.2 Å². The number of benzene rings is 9. The molecule has 0 saturated carbocycles. The fourth-order valence-electron chi connectivity index (χ4n) is 9.98. The van der Waals surface area contributed by atoms with Gasteiger partial charge < -0.3 is 19.3 Å². The van der Waals surface area contributed by atoms with E-state index in [-0.39, 0.29) is 6.71 Å². The van der Waals surface area contributed by atoms with Gasteiger partial charge in [-0.15, -0.1) is 0 Å². The Kier molecular flexibility index (Phi) is 8.04. The van der Waals surface area contributed by atoms with E-state index >= 15 is 0 Å². The highest BCUT2D eigenvalue weighted by atomic mass is 15.2. The van der Waals surface area contributed by atoms with Gasteiger partial charge in [-0.1, -0.05) is 132 Å². The summed E-state index contributed by atoms with van der Waals surface area (Å²) in [6.45, 7) is 4.36. The van der Waals surface area contributed by atoms with E-state index in [9.17, 15) is 0 Å². The van der Waals surface area contributed by atoms with Crippen LogP contribution >= 0.6 is 0 Å². The highest BCUT2D eigenvalue weighted by molar-refractivity contribution is 7.00. The van der Waals surface area contributed by atoms with Crippen LogP contribution < -0.4 is 31.1 Å². The van der Waals surface area contributed by atoms with Gasteiger partial charge >= 0.3 is 0 Å². The first-order valence-electron chi connectivity index (χ1n) is 21.1. The fourth-order valence-corrected chi connectivity index (χ4v) is 9.98. The summed E-state index contributed by atoms with van der Waals surface area (Å²) in [6, 6.07) is 78.1. The number of aromatic nitrogens is 1. The van der Waals surface area contributed by atoms with Crippen molar-refractivity contribution in [2.45, 2.75) is 13.8 Å². The molecule has 0 aliphatic carbocycles. The van der Waals surface area contributed by atoms with E-state index in [2.05, 4.69) is 245 Å². The van der Waals surface area contributed by atoms with Gasteiger partial charge in [0.25, 0.3) is 6.71 Å². The number of fused-ring (bicyclic) bond motifs is 7. The van der Waals surface area contributed by atoms with Crippen molar-refractivity contribution in [1.29, 1.82) is 0 Å². The number of para-hydroxylation sites is 5. The van der Waals surface area contributed by atoms with Crippen LogP contribution in [0.3, 0.4) is 0 Å². The maximum absolute atomic E-state index is 2.53. The first-order valence-corrected chi connectivity index (χ1v) is 21.1. The quantitative estimate of drug-likeness (QED) is 0.156. The molecule has 0 radical (unpaired) electrons. The van der Waals surface area contributed by atoms with Gasteiger partial charge in [0.15, 0.2) is 0 Å². The zero-order valence-electron chi connectivity index (χ0n) is 34.1. The Labute approximate surface area is 356 Å². The molecule has 2 aliphatic rings. The van der Waals surface area contributed by atoms with Crippen molar-refractivity contribution in [3.05, 3.63) is 223 Å². The molecule has 0 spiro atoms. The lowest BCUT2D eigenvalue weighted by Crippen LogP contribution is -2.61. The molecular formula is C56H41BN4. The van der Waals surface area contributed by atoms with Crippen LogP contribution in [0.1, 0.15) is 11.1 Å². The Morgan fingerprint density at radius 3 is 1.54 bits per heavy atom. The number of hydrogen-bond acceptors (Lipinski definition) is 3. The summed E-state index contributed by atoms with van der Waals surface area (Å²) in [5.41, 5.74) is 20.2. The molecule has 0 saturated heterocycles. The van der Waals surface area contributed by atoms with Crippen LogP contribution in [-0.2, 0) is 0 Å². The second-order valence-electron chi connectivity index (χ2n) is 16.4. The van der Waals surface area contributed by atoms with E-state index in [0.29, 0.717) is 0 Å². The standard InChI is InChI=1S/C56H41BN4/c1-38-27-30-44(31-28-38)60-51-32-29-39(2)33-48(51)57-49-36-47-46-25-15-16-26-50(46)59(42-21-11-5-12-22-42)52(47)37-53(49)61(43-23-13-6-14-24-43)55-35-45(34-54(60)56(55)57)58(40-17-7-3-8-18-40)41-19-9-4-10-20-41/h3-37H,1-2H3. The molecule has 3 heterocycles. The Bertz CT molecular complexity index is 3230. The topological polar surface area (TPSA) is 14.7 Å². The van der Waals surface area contributed by atoms with Crippen LogP contribution in [0.25, 0.3) is 27.5 Å². The third kappa shape index (κ3) is 5.54. The predicted octanol–water partition coefficient (Wildman–Crippen LogP) is 13.0. The molecule has 288 valence electrons. The van der Waals surface area contributed by atoms with Crippen molar-refractivity contribution in [3.63, 3.8) is 0 Å². The lowest BCUT2D eigenvalue weighted by molar-refractivity contribution is 1.18. The number of nitrogens with zero attached hydrogens (tertiary/aromatic N) is 4. The Morgan fingerprint density at radius 2 is 0.885 bits per heavy atom. The third-order valence-corrected chi connectivity index (χ3v) is 12.6. The molecule has 2 aliphatic heterocycles. The van der Waals surface area contributed by atoms with E-state index in [1.807, 2.05) is 0 Å². The normalized spacial score (nSPS) is 12.7. The van der Waals surface area contributed by atoms with Gasteiger partial charge in [0.05, 0.1) is 16.7 Å². The van der Waals surface area contributed by atoms with Crippen LogP contribution in [-0.4, -0.2) is 11.3 Å². The van der Waals surface area contributed by atoms with Crippen LogP contribution in [0.2, 0.25) is 0 Å². The van der Waals surface area contributed by atoms with E-state index in [1.165, 1.54) is 72.1 Å². The van der Waals surface area contributed by atoms with Crippen molar-refractivity contribution in [2.75, 3.05) is 14.7 Å². The molecule has 0 bridgehead atoms. The van der Waals surface area contributed by atoms with E-state index < -0.39 is 0 Å². The van der Waals surface area contributed by atoms with Crippen molar-refractivity contribution in [3.8, 4) is 5.69 Å². The second kappa shape index (κ2) is 13.9. The first-order chi connectivity index (χ1) is 30.1. The van der Waals surface area contributed by atoms with Gasteiger partial charge in [-0.3, -0.25) is 0 Å². The van der Waals surface area contributed by atoms with Crippen LogP contribution in [0.15, 0.2) is 212 Å². The summed E-state index contributed by atoms with van der Waals surface area (Å²) in [5.74, 6) is 0. The van der Waals surface area contributed by atoms with Crippen molar-refractivity contribution in [2.24, 2.45) is 0 Å². The van der Waals surface area contributed by atoms with Crippen molar-refractivity contribution < 1.29 is 0 Å². The largest absolute Gasteiger partial charge is 0.311 e. The molecule has 0 amide bonds. The number of anilines is 9. The molecule has 0 atom stereocenters. The molecule has 61 heavy (non-hydrogen) atoms. The summed E-state index contributed by atoms with van der Waals surface area (Å²) in [5, 5.41) is 2.50. The molecule has 0 unspecified atom stereocenters. The fraction of sp³-hybridized carbons (Fsp3) is 0.0357. The average molecular weight is 781 g/mol. The minimum atomic E-state index is -0.0317. The summed E-state index contributed by atoms with van der Waals surface area (Å²) in [6.07, 6.45) is 0. The van der Waals surface area contributed by atoms with Gasteiger partial charge in [-0.2, -0.15) is 0 Å². The number of aryl methyl sites for hydroxylation is 2. The molecule has 9 aromatic carbocycles. The number of rotatable bonds is 6. The summed E-state index contributed by atoms with van der Waals surface area (Å²) in [7, 11) is 0. The molecule has 0 fully saturated rings. The Balaban J connectivity index is 1.24. The van der Waals surface area contributed by atoms with Gasteiger partial charge in [-0.05, 0) is 121 Å². The molecular weight excluding hydrogens is 739 g/mol. The highest BCUT2D eigenvalue weighted by Crippen LogP contribution is 2.49. The summed E-state index contributed by atoms with van der Waals surface area (Å²) < 4.78 is 2.44. The Morgan fingerprint density at radius 1 is 0.361 bits per heavy atom. The predicted molar refractivity (Wildman–Crippen MR) is 259 cm³/mol. The SMILES string of the molecule is Cc1ccc(N2c3ccc(C)cc3B3c4cc5c6ccccc6n(-c6ccccc6)c5cc4N(c4ccccc4)c4cc(N(c5ccccc5)c5ccccc5)cc2c43)cc1. The monoisotopic (exact) mass is 780 g/mol.